The zero-order valence-corrected chi connectivity index (χ0v) is 15.8. The molecule has 1 aliphatic carbocycles. The molecule has 0 bridgehead atoms. The second-order valence-electron chi connectivity index (χ2n) is 7.29. The smallest absolute Gasteiger partial charge is 0.328 e. The largest absolute Gasteiger partial charge is 0.454 e. The van der Waals surface area contributed by atoms with Crippen molar-refractivity contribution in [1.82, 2.24) is 14.5 Å². The van der Waals surface area contributed by atoms with Gasteiger partial charge in [0.25, 0.3) is 11.5 Å². The predicted molar refractivity (Wildman–Crippen MR) is 102 cm³/mol. The van der Waals surface area contributed by atoms with Gasteiger partial charge in [-0.15, -0.1) is 0 Å². The van der Waals surface area contributed by atoms with Crippen LogP contribution in [0.2, 0.25) is 0 Å². The van der Waals surface area contributed by atoms with Gasteiger partial charge in [-0.3, -0.25) is 14.2 Å². The van der Waals surface area contributed by atoms with Gasteiger partial charge in [-0.05, 0) is 30.5 Å². The summed E-state index contributed by atoms with van der Waals surface area (Å²) >= 11 is 0. The lowest BCUT2D eigenvalue weighted by atomic mass is 9.94. The molecule has 1 aromatic heterocycles. The van der Waals surface area contributed by atoms with Gasteiger partial charge < -0.3 is 19.4 Å². The Morgan fingerprint density at radius 2 is 1.93 bits per heavy atom. The standard InChI is InChI=1S/C20H23N3O5/c1-22(14-5-3-2-4-6-14)18(24)15-10-21-20(26)23(19(15)25)11-13-7-8-16-17(9-13)28-12-27-16/h7-10,14H,2-6,11-12H2,1H3,(H,21,26). The van der Waals surface area contributed by atoms with E-state index in [9.17, 15) is 14.4 Å². The first-order valence-corrected chi connectivity index (χ1v) is 9.53. The highest BCUT2D eigenvalue weighted by Gasteiger charge is 2.26. The van der Waals surface area contributed by atoms with Crippen LogP contribution >= 0.6 is 0 Å². The summed E-state index contributed by atoms with van der Waals surface area (Å²) in [4.78, 5) is 42.2. The minimum absolute atomic E-state index is 0.0200. The van der Waals surface area contributed by atoms with E-state index in [0.717, 1.165) is 30.3 Å². The van der Waals surface area contributed by atoms with Crippen molar-refractivity contribution in [3.8, 4) is 11.5 Å². The van der Waals surface area contributed by atoms with Crippen molar-refractivity contribution >= 4 is 5.91 Å². The summed E-state index contributed by atoms with van der Waals surface area (Å²) in [5, 5.41) is 0. The molecule has 28 heavy (non-hydrogen) atoms. The maximum atomic E-state index is 12.9. The highest BCUT2D eigenvalue weighted by Crippen LogP contribution is 2.32. The van der Waals surface area contributed by atoms with Gasteiger partial charge in [0.05, 0.1) is 6.54 Å². The highest BCUT2D eigenvalue weighted by molar-refractivity contribution is 5.93. The van der Waals surface area contributed by atoms with E-state index in [-0.39, 0.29) is 30.9 Å². The third-order valence-corrected chi connectivity index (χ3v) is 5.51. The van der Waals surface area contributed by atoms with Crippen LogP contribution < -0.4 is 20.7 Å². The van der Waals surface area contributed by atoms with Gasteiger partial charge in [0.15, 0.2) is 11.5 Å². The van der Waals surface area contributed by atoms with Crippen LogP contribution in [0.1, 0.15) is 48.0 Å². The van der Waals surface area contributed by atoms with Gasteiger partial charge in [-0.2, -0.15) is 0 Å². The number of hydrogen-bond acceptors (Lipinski definition) is 5. The van der Waals surface area contributed by atoms with E-state index in [0.29, 0.717) is 17.1 Å². The molecule has 1 N–H and O–H groups in total. The summed E-state index contributed by atoms with van der Waals surface area (Å²) in [6.45, 7) is 0.190. The summed E-state index contributed by atoms with van der Waals surface area (Å²) in [5.74, 6) is 0.849. The van der Waals surface area contributed by atoms with Gasteiger partial charge in [0.1, 0.15) is 5.56 Å². The number of fused-ring (bicyclic) bond motifs is 1. The normalized spacial score (nSPS) is 16.2. The lowest BCUT2D eigenvalue weighted by Gasteiger charge is -2.31. The first-order chi connectivity index (χ1) is 13.5. The fraction of sp³-hybridized carbons (Fsp3) is 0.450. The second-order valence-corrected chi connectivity index (χ2v) is 7.29. The molecule has 1 amide bonds. The molecule has 1 aliphatic heterocycles. The third kappa shape index (κ3) is 3.42. The topological polar surface area (TPSA) is 93.6 Å². The van der Waals surface area contributed by atoms with Crippen LogP contribution in [0.5, 0.6) is 11.5 Å². The molecule has 0 unspecified atom stereocenters. The van der Waals surface area contributed by atoms with Gasteiger partial charge in [-0.1, -0.05) is 25.3 Å². The zero-order valence-electron chi connectivity index (χ0n) is 15.8. The molecule has 2 heterocycles. The SMILES string of the molecule is CN(C(=O)c1c[nH]c(=O)n(Cc2ccc3c(c2)OCO3)c1=O)C1CCCCC1. The average molecular weight is 385 g/mol. The van der Waals surface area contributed by atoms with Crippen LogP contribution in [0.25, 0.3) is 0 Å². The van der Waals surface area contributed by atoms with Crippen molar-refractivity contribution in [2.24, 2.45) is 0 Å². The van der Waals surface area contributed by atoms with Gasteiger partial charge in [0.2, 0.25) is 6.79 Å². The van der Waals surface area contributed by atoms with Crippen LogP contribution in [0, 0.1) is 0 Å². The van der Waals surface area contributed by atoms with Crippen LogP contribution in [0.4, 0.5) is 0 Å². The van der Waals surface area contributed by atoms with Crippen LogP contribution in [0.15, 0.2) is 34.0 Å². The van der Waals surface area contributed by atoms with Crippen LogP contribution in [-0.4, -0.2) is 40.2 Å². The van der Waals surface area contributed by atoms with Crippen molar-refractivity contribution < 1.29 is 14.3 Å². The van der Waals surface area contributed by atoms with Crippen molar-refractivity contribution in [1.29, 1.82) is 0 Å². The molecule has 0 spiro atoms. The first-order valence-electron chi connectivity index (χ1n) is 9.53. The quantitative estimate of drug-likeness (QED) is 0.865. The number of amides is 1. The minimum Gasteiger partial charge on any atom is -0.454 e. The zero-order chi connectivity index (χ0) is 19.7. The van der Waals surface area contributed by atoms with E-state index in [1.165, 1.54) is 12.6 Å². The van der Waals surface area contributed by atoms with Gasteiger partial charge in [-0.25, -0.2) is 4.79 Å². The molecule has 0 atom stereocenters. The van der Waals surface area contributed by atoms with E-state index < -0.39 is 11.2 Å². The number of aromatic amines is 1. The Morgan fingerprint density at radius 3 is 2.71 bits per heavy atom. The molecular formula is C20H23N3O5. The fourth-order valence-electron chi connectivity index (χ4n) is 3.85. The number of nitrogens with zero attached hydrogens (tertiary/aromatic N) is 2. The Kier molecular flexibility index (Phi) is 4.93. The van der Waals surface area contributed by atoms with Crippen molar-refractivity contribution in [3.63, 3.8) is 0 Å². The molecule has 0 radical (unpaired) electrons. The number of nitrogens with one attached hydrogen (secondary N) is 1. The van der Waals surface area contributed by atoms with Crippen molar-refractivity contribution in [3.05, 3.63) is 56.4 Å². The molecule has 2 aromatic rings. The predicted octanol–water partition coefficient (Wildman–Crippen LogP) is 1.72. The molecule has 8 heteroatoms. The van der Waals surface area contributed by atoms with Crippen molar-refractivity contribution in [2.45, 2.75) is 44.7 Å². The molecular weight excluding hydrogens is 362 g/mol. The summed E-state index contributed by atoms with van der Waals surface area (Å²) in [6.07, 6.45) is 6.46. The molecule has 2 aliphatic rings. The highest BCUT2D eigenvalue weighted by atomic mass is 16.7. The van der Waals surface area contributed by atoms with Crippen molar-refractivity contribution in [2.75, 3.05) is 13.8 Å². The number of aromatic nitrogens is 2. The fourth-order valence-corrected chi connectivity index (χ4v) is 3.85. The summed E-state index contributed by atoms with van der Waals surface area (Å²) in [5.41, 5.74) is -0.455. The van der Waals surface area contributed by atoms with Gasteiger partial charge >= 0.3 is 5.69 Å². The first kappa shape index (κ1) is 18.3. The number of rotatable bonds is 4. The Morgan fingerprint density at radius 1 is 1.18 bits per heavy atom. The van der Waals surface area contributed by atoms with E-state index in [4.69, 9.17) is 9.47 Å². The molecule has 0 saturated heterocycles. The van der Waals surface area contributed by atoms with E-state index in [2.05, 4.69) is 4.98 Å². The second kappa shape index (κ2) is 7.53. The van der Waals surface area contributed by atoms with Crippen LogP contribution in [-0.2, 0) is 6.54 Å². The summed E-state index contributed by atoms with van der Waals surface area (Å²) < 4.78 is 11.7. The molecule has 4 rings (SSSR count). The van der Waals surface area contributed by atoms with Gasteiger partial charge in [0, 0.05) is 19.3 Å². The maximum Gasteiger partial charge on any atom is 0.328 e. The Bertz CT molecular complexity index is 1000. The van der Waals surface area contributed by atoms with E-state index in [1.54, 1.807) is 30.1 Å². The minimum atomic E-state index is -0.589. The monoisotopic (exact) mass is 385 g/mol. The summed E-state index contributed by atoms with van der Waals surface area (Å²) in [6, 6.07) is 5.37. The number of H-pyrrole nitrogens is 1. The summed E-state index contributed by atoms with van der Waals surface area (Å²) in [7, 11) is 1.73. The number of hydrogen-bond donors (Lipinski definition) is 1. The van der Waals surface area contributed by atoms with E-state index in [1.807, 2.05) is 0 Å². The lowest BCUT2D eigenvalue weighted by molar-refractivity contribution is 0.0693. The molecule has 148 valence electrons. The van der Waals surface area contributed by atoms with E-state index >= 15 is 0 Å². The molecule has 1 saturated carbocycles. The number of benzene rings is 1. The lowest BCUT2D eigenvalue weighted by Crippen LogP contribution is -2.44. The molecule has 1 fully saturated rings. The Balaban J connectivity index is 1.61. The Hall–Kier alpha value is -3.03. The third-order valence-electron chi connectivity index (χ3n) is 5.51. The maximum absolute atomic E-state index is 12.9. The molecule has 8 nitrogen and oxygen atoms in total. The number of carbonyl (C=O) groups is 1. The average Bonchev–Trinajstić information content (AvgIpc) is 3.18. The Labute approximate surface area is 161 Å². The number of carbonyl (C=O) groups excluding carboxylic acids is 1. The van der Waals surface area contributed by atoms with Crippen LogP contribution in [0.3, 0.4) is 0 Å². The molecule has 1 aromatic carbocycles. The number of ether oxygens (including phenoxy) is 2.